The second kappa shape index (κ2) is 12.3. The van der Waals surface area contributed by atoms with Gasteiger partial charge in [0.2, 0.25) is 5.91 Å². The minimum Gasteiger partial charge on any atom is -0.493 e. The molecule has 3 aromatic rings. The molecule has 11 heteroatoms. The van der Waals surface area contributed by atoms with Crippen molar-refractivity contribution >= 4 is 26.7 Å². The molecule has 0 saturated carbocycles. The smallest absolute Gasteiger partial charge is 0.345 e. The summed E-state index contributed by atoms with van der Waals surface area (Å²) in [6, 6.07) is 14.2. The summed E-state index contributed by atoms with van der Waals surface area (Å²) in [4.78, 5) is 28.7. The largest absolute Gasteiger partial charge is 0.493 e. The van der Waals surface area contributed by atoms with E-state index in [2.05, 4.69) is 15.6 Å². The first-order valence-electron chi connectivity index (χ1n) is 11.4. The number of carbonyl (C=O) groups is 2. The first-order chi connectivity index (χ1) is 17.7. The summed E-state index contributed by atoms with van der Waals surface area (Å²) in [5.74, 6) is 0.542. The second-order valence-corrected chi connectivity index (χ2v) is 9.98. The molecular formula is C26H29N3O7S. The lowest BCUT2D eigenvalue weighted by molar-refractivity contribution is -0.122. The van der Waals surface area contributed by atoms with E-state index in [-0.39, 0.29) is 23.1 Å². The van der Waals surface area contributed by atoms with Crippen LogP contribution in [0.4, 0.5) is 10.5 Å². The van der Waals surface area contributed by atoms with Gasteiger partial charge in [0.1, 0.15) is 0 Å². The number of methoxy groups -OCH3 is 2. The van der Waals surface area contributed by atoms with E-state index in [0.717, 1.165) is 11.1 Å². The molecule has 2 aromatic carbocycles. The number of benzene rings is 2. The first kappa shape index (κ1) is 27.6. The monoisotopic (exact) mass is 527 g/mol. The second-order valence-electron chi connectivity index (χ2n) is 8.13. The molecule has 10 nitrogen and oxygen atoms in total. The zero-order chi connectivity index (χ0) is 27.0. The van der Waals surface area contributed by atoms with Gasteiger partial charge in [0, 0.05) is 6.54 Å². The minimum absolute atomic E-state index is 0.153. The van der Waals surface area contributed by atoms with Crippen LogP contribution in [-0.4, -0.2) is 50.4 Å². The molecule has 2 amide bonds. The summed E-state index contributed by atoms with van der Waals surface area (Å²) in [5, 5.41) is 13.0. The van der Waals surface area contributed by atoms with Crippen LogP contribution in [0.3, 0.4) is 0 Å². The normalized spacial score (nSPS) is 11.9. The third kappa shape index (κ3) is 6.83. The number of amides is 2. The molecule has 1 heterocycles. The number of aromatic nitrogens is 1. The molecule has 0 fully saturated rings. The van der Waals surface area contributed by atoms with E-state index < -0.39 is 21.0 Å². The fraction of sp³-hybridized carbons (Fsp3) is 0.269. The molecule has 0 aliphatic heterocycles. The third-order valence-electron chi connectivity index (χ3n) is 5.72. The van der Waals surface area contributed by atoms with Crippen LogP contribution in [0.15, 0.2) is 65.7 Å². The summed E-state index contributed by atoms with van der Waals surface area (Å²) in [6.07, 6.45) is 1.74. The number of nitrogens with zero attached hydrogens (tertiary/aromatic N) is 1. The molecule has 1 atom stereocenters. The number of rotatable bonds is 10. The third-order valence-corrected chi connectivity index (χ3v) is 7.21. The van der Waals surface area contributed by atoms with Crippen molar-refractivity contribution in [2.24, 2.45) is 0 Å². The number of hydrogen-bond donors (Lipinski definition) is 3. The molecule has 0 spiro atoms. The zero-order valence-electron chi connectivity index (χ0n) is 20.7. The average molecular weight is 528 g/mol. The van der Waals surface area contributed by atoms with Crippen LogP contribution < -0.4 is 20.1 Å². The molecule has 1 aromatic heterocycles. The fourth-order valence-electron chi connectivity index (χ4n) is 3.48. The van der Waals surface area contributed by atoms with Crippen molar-refractivity contribution in [3.05, 3.63) is 77.6 Å². The molecule has 196 valence electrons. The van der Waals surface area contributed by atoms with Crippen LogP contribution in [-0.2, 0) is 27.7 Å². The molecule has 3 rings (SSSR count). The zero-order valence-corrected chi connectivity index (χ0v) is 21.5. The van der Waals surface area contributed by atoms with Crippen LogP contribution in [0.1, 0.15) is 29.7 Å². The van der Waals surface area contributed by atoms with E-state index in [4.69, 9.17) is 14.6 Å². The molecule has 0 radical (unpaired) electrons. The highest BCUT2D eigenvalue weighted by Gasteiger charge is 2.25. The molecule has 0 aliphatic rings. The maximum Gasteiger partial charge on any atom is 0.345 e. The van der Waals surface area contributed by atoms with Crippen molar-refractivity contribution in [2.45, 2.75) is 30.8 Å². The van der Waals surface area contributed by atoms with Crippen LogP contribution in [0, 0.1) is 0 Å². The summed E-state index contributed by atoms with van der Waals surface area (Å²) >= 11 is 0. The van der Waals surface area contributed by atoms with E-state index in [9.17, 15) is 18.0 Å². The predicted molar refractivity (Wildman–Crippen MR) is 137 cm³/mol. The highest BCUT2D eigenvalue weighted by atomic mass is 32.2. The summed E-state index contributed by atoms with van der Waals surface area (Å²) < 4.78 is 35.8. The van der Waals surface area contributed by atoms with Gasteiger partial charge in [-0.25, -0.2) is 8.42 Å². The van der Waals surface area contributed by atoms with Crippen molar-refractivity contribution < 1.29 is 32.6 Å². The number of pyridine rings is 1. The molecule has 1 unspecified atom stereocenters. The van der Waals surface area contributed by atoms with Gasteiger partial charge >= 0.3 is 5.24 Å². The van der Waals surface area contributed by atoms with E-state index in [1.165, 1.54) is 37.6 Å². The number of sulfone groups is 1. The molecule has 0 bridgehead atoms. The van der Waals surface area contributed by atoms with Crippen LogP contribution in [0.2, 0.25) is 0 Å². The Morgan fingerprint density at radius 2 is 1.70 bits per heavy atom. The lowest BCUT2D eigenvalue weighted by Gasteiger charge is -2.15. The van der Waals surface area contributed by atoms with Gasteiger partial charge in [-0.05, 0) is 60.9 Å². The fourth-order valence-corrected chi connectivity index (χ4v) is 4.44. The average Bonchev–Trinajstić information content (AvgIpc) is 2.92. The molecule has 0 aliphatic carbocycles. The van der Waals surface area contributed by atoms with Crippen LogP contribution in [0.25, 0.3) is 0 Å². The number of aliphatic hydroxyl groups excluding tert-OH is 1. The molecule has 3 N–H and O–H groups in total. The number of carbonyl (C=O) groups excluding carboxylic acids is 2. The minimum atomic E-state index is -4.27. The molecule has 0 saturated heterocycles. The maximum atomic E-state index is 12.6. The predicted octanol–water partition coefficient (Wildman–Crippen LogP) is 3.06. The van der Waals surface area contributed by atoms with E-state index in [0.29, 0.717) is 30.2 Å². The SMILES string of the molecule is COc1ccc(C(C)C(=O)NCCc2ccc(S(=O)(=O)C(=O)Nc3ccc(CO)nc3)cc2)cc1OC. The Morgan fingerprint density at radius 3 is 2.30 bits per heavy atom. The Balaban J connectivity index is 1.55. The highest BCUT2D eigenvalue weighted by Crippen LogP contribution is 2.30. The van der Waals surface area contributed by atoms with Crippen molar-refractivity contribution in [3.63, 3.8) is 0 Å². The van der Waals surface area contributed by atoms with Crippen LogP contribution in [0.5, 0.6) is 11.5 Å². The number of anilines is 1. The number of aliphatic hydroxyl groups is 1. The Hall–Kier alpha value is -3.96. The number of ether oxygens (including phenoxy) is 2. The summed E-state index contributed by atoms with van der Waals surface area (Å²) in [6.45, 7) is 1.87. The highest BCUT2D eigenvalue weighted by molar-refractivity contribution is 8.06. The molecule has 37 heavy (non-hydrogen) atoms. The van der Waals surface area contributed by atoms with Gasteiger partial charge in [0.15, 0.2) is 11.5 Å². The van der Waals surface area contributed by atoms with Gasteiger partial charge in [-0.15, -0.1) is 0 Å². The lowest BCUT2D eigenvalue weighted by atomic mass is 9.99. The first-order valence-corrected chi connectivity index (χ1v) is 12.9. The Kier molecular flexibility index (Phi) is 9.20. The lowest BCUT2D eigenvalue weighted by Crippen LogP contribution is -2.29. The number of hydrogen-bond acceptors (Lipinski definition) is 8. The van der Waals surface area contributed by atoms with Gasteiger partial charge in [-0.3, -0.25) is 14.6 Å². The summed E-state index contributed by atoms with van der Waals surface area (Å²) in [5.41, 5.74) is 2.16. The maximum absolute atomic E-state index is 12.6. The Morgan fingerprint density at radius 1 is 1.00 bits per heavy atom. The standard InChI is InChI=1S/C26H29N3O7S/c1-17(19-6-11-23(35-2)24(14-19)36-3)25(31)27-13-12-18-4-9-22(10-5-18)37(33,34)26(32)29-20-7-8-21(16-30)28-15-20/h4-11,14-15,17,30H,12-13,16H2,1-3H3,(H,27,31)(H,29,32). The van der Waals surface area contributed by atoms with Crippen molar-refractivity contribution in [1.82, 2.24) is 10.3 Å². The van der Waals surface area contributed by atoms with Crippen molar-refractivity contribution in [2.75, 3.05) is 26.1 Å². The van der Waals surface area contributed by atoms with E-state index >= 15 is 0 Å². The molecular weight excluding hydrogens is 498 g/mol. The number of nitrogens with one attached hydrogen (secondary N) is 2. The topological polar surface area (TPSA) is 144 Å². The summed E-state index contributed by atoms with van der Waals surface area (Å²) in [7, 11) is -1.20. The Labute approximate surface area is 215 Å². The quantitative estimate of drug-likeness (QED) is 0.365. The van der Waals surface area contributed by atoms with Crippen molar-refractivity contribution in [3.8, 4) is 11.5 Å². The van der Waals surface area contributed by atoms with Crippen molar-refractivity contribution in [1.29, 1.82) is 0 Å². The van der Waals surface area contributed by atoms with Gasteiger partial charge in [-0.1, -0.05) is 18.2 Å². The van der Waals surface area contributed by atoms with Gasteiger partial charge in [0.25, 0.3) is 9.84 Å². The Bertz CT molecular complexity index is 1340. The van der Waals surface area contributed by atoms with E-state index in [1.54, 1.807) is 38.3 Å². The van der Waals surface area contributed by atoms with Crippen LogP contribution >= 0.6 is 0 Å². The van der Waals surface area contributed by atoms with Gasteiger partial charge < -0.3 is 25.2 Å². The van der Waals surface area contributed by atoms with E-state index in [1.807, 2.05) is 6.07 Å². The van der Waals surface area contributed by atoms with Gasteiger partial charge in [0.05, 0.1) is 49.2 Å². The van der Waals surface area contributed by atoms with Gasteiger partial charge in [-0.2, -0.15) is 0 Å².